The van der Waals surface area contributed by atoms with E-state index in [-0.39, 0.29) is 17.0 Å². The second-order valence-corrected chi connectivity index (χ2v) is 13.1. The third-order valence-electron chi connectivity index (χ3n) is 10.1. The molecule has 1 heterocycles. The van der Waals surface area contributed by atoms with Crippen molar-refractivity contribution in [3.63, 3.8) is 0 Å². The zero-order valence-electron chi connectivity index (χ0n) is 25.1. The number of carboxylic acid groups (broad SMARTS) is 1. The third kappa shape index (κ3) is 3.87. The lowest BCUT2D eigenvalue weighted by molar-refractivity contribution is -0.130. The number of Topliss-reactive ketones (excluding diaryl/α,β-unsaturated/α-hetero) is 1. The average molecular weight is 671 g/mol. The third-order valence-corrected chi connectivity index (χ3v) is 10.6. The number of benzene rings is 5. The van der Waals surface area contributed by atoms with Crippen molar-refractivity contribution in [2.75, 3.05) is 4.90 Å². The van der Waals surface area contributed by atoms with Gasteiger partial charge in [0.2, 0.25) is 11.8 Å². The Morgan fingerprint density at radius 3 is 1.44 bits per heavy atom. The highest BCUT2D eigenvalue weighted by Gasteiger charge is 2.82. The highest BCUT2D eigenvalue weighted by molar-refractivity contribution is 6.39. The molecule has 0 spiro atoms. The van der Waals surface area contributed by atoms with E-state index >= 15 is 14.4 Å². The largest absolute Gasteiger partial charge is 0.478 e. The number of allylic oxidation sites excluding steroid dienone is 2. The van der Waals surface area contributed by atoms with Gasteiger partial charge in [-0.1, -0.05) is 114 Å². The number of halogens is 2. The molecular formula is C40H25Cl2NO5. The molecule has 1 aliphatic heterocycles. The minimum atomic E-state index is -1.62. The van der Waals surface area contributed by atoms with Gasteiger partial charge in [0.1, 0.15) is 0 Å². The van der Waals surface area contributed by atoms with E-state index in [0.29, 0.717) is 32.3 Å². The first-order valence-electron chi connectivity index (χ1n) is 15.4. The summed E-state index contributed by atoms with van der Waals surface area (Å²) in [7, 11) is 0. The summed E-state index contributed by atoms with van der Waals surface area (Å²) in [6.45, 7) is 0. The standard InChI is InChI=1S/C40H25Cl2NO5/c41-28-18-14-26(15-19-28)39-31(23-8-3-1-4-9-23)32(24-10-5-2-6-11-24)40(38(39)48,27-16-20-29(42)21-17-27)34-33(39)35(44)43(36(34)45)30-13-7-12-25(22-30)37(46)47/h1-22,33-34H,(H,46,47)/t33-,34-,39+,40+/m1/s1. The predicted molar refractivity (Wildman–Crippen MR) is 184 cm³/mol. The molecule has 0 radical (unpaired) electrons. The molecule has 1 saturated carbocycles. The monoisotopic (exact) mass is 669 g/mol. The number of carbonyl (C=O) groups excluding carboxylic acids is 3. The van der Waals surface area contributed by atoms with Crippen molar-refractivity contribution in [3.8, 4) is 0 Å². The second-order valence-electron chi connectivity index (χ2n) is 12.3. The summed E-state index contributed by atoms with van der Waals surface area (Å²) < 4.78 is 0. The Balaban J connectivity index is 1.54. The molecule has 3 aliphatic rings. The summed E-state index contributed by atoms with van der Waals surface area (Å²) in [6, 6.07) is 38.5. The van der Waals surface area contributed by atoms with Gasteiger partial charge in [0, 0.05) is 10.0 Å². The van der Waals surface area contributed by atoms with Crippen LogP contribution in [0, 0.1) is 11.8 Å². The van der Waals surface area contributed by atoms with E-state index in [9.17, 15) is 9.90 Å². The fraction of sp³-hybridized carbons (Fsp3) is 0.100. The number of carboxylic acids is 1. The van der Waals surface area contributed by atoms with Gasteiger partial charge in [0.15, 0.2) is 5.78 Å². The number of fused-ring (bicyclic) bond motifs is 5. The lowest BCUT2D eigenvalue weighted by atomic mass is 9.59. The Bertz CT molecular complexity index is 2070. The van der Waals surface area contributed by atoms with Crippen LogP contribution < -0.4 is 4.90 Å². The van der Waals surface area contributed by atoms with Crippen molar-refractivity contribution in [1.29, 1.82) is 0 Å². The van der Waals surface area contributed by atoms with E-state index in [2.05, 4.69) is 0 Å². The number of ketones is 1. The van der Waals surface area contributed by atoms with Crippen LogP contribution in [0.1, 0.15) is 32.6 Å². The normalized spacial score (nSPS) is 24.4. The van der Waals surface area contributed by atoms with Gasteiger partial charge in [-0.25, -0.2) is 9.69 Å². The SMILES string of the molecule is O=C(O)c1cccc(N2C(=O)[C@H]3[C@H](C2=O)[C@@]2(c4ccc(Cl)cc4)C(=O)[C@@]3(c3ccc(Cl)cc3)C(c3ccccc3)=C2c2ccccc2)c1. The Hall–Kier alpha value is -5.30. The van der Waals surface area contributed by atoms with Gasteiger partial charge in [-0.15, -0.1) is 0 Å². The number of nitrogens with zero attached hydrogens (tertiary/aromatic N) is 1. The Labute approximate surface area is 285 Å². The molecule has 234 valence electrons. The molecule has 2 bridgehead atoms. The van der Waals surface area contributed by atoms with Gasteiger partial charge in [-0.3, -0.25) is 14.4 Å². The maximum absolute atomic E-state index is 15.9. The van der Waals surface area contributed by atoms with E-state index in [1.165, 1.54) is 18.2 Å². The van der Waals surface area contributed by atoms with Crippen molar-refractivity contribution in [2.45, 2.75) is 10.8 Å². The smallest absolute Gasteiger partial charge is 0.335 e. The van der Waals surface area contributed by atoms with Crippen molar-refractivity contribution in [3.05, 3.63) is 171 Å². The zero-order valence-corrected chi connectivity index (χ0v) is 26.7. The summed E-state index contributed by atoms with van der Waals surface area (Å²) in [6.07, 6.45) is 0. The number of imide groups is 1. The molecule has 48 heavy (non-hydrogen) atoms. The van der Waals surface area contributed by atoms with Crippen LogP contribution in [0.5, 0.6) is 0 Å². The number of carbonyl (C=O) groups is 4. The number of hydrogen-bond donors (Lipinski definition) is 1. The molecule has 2 aliphatic carbocycles. The molecule has 4 atom stereocenters. The molecule has 2 amide bonds. The molecule has 8 heteroatoms. The molecule has 1 N–H and O–H groups in total. The van der Waals surface area contributed by atoms with Crippen LogP contribution in [-0.2, 0) is 25.2 Å². The molecule has 0 aromatic heterocycles. The lowest BCUT2D eigenvalue weighted by Gasteiger charge is -2.39. The van der Waals surface area contributed by atoms with E-state index in [1.807, 2.05) is 60.7 Å². The van der Waals surface area contributed by atoms with E-state index in [4.69, 9.17) is 23.2 Å². The van der Waals surface area contributed by atoms with Crippen molar-refractivity contribution in [2.24, 2.45) is 11.8 Å². The minimum absolute atomic E-state index is 0.0721. The summed E-state index contributed by atoms with van der Waals surface area (Å²) in [5.74, 6) is -4.95. The van der Waals surface area contributed by atoms with Crippen LogP contribution in [0.15, 0.2) is 133 Å². The zero-order chi connectivity index (χ0) is 33.4. The van der Waals surface area contributed by atoms with Crippen molar-refractivity contribution < 1.29 is 24.3 Å². The maximum atomic E-state index is 15.9. The van der Waals surface area contributed by atoms with Crippen LogP contribution >= 0.6 is 23.2 Å². The van der Waals surface area contributed by atoms with Gasteiger partial charge in [0.05, 0.1) is 33.9 Å². The Kier molecular flexibility index (Phi) is 6.81. The van der Waals surface area contributed by atoms with Gasteiger partial charge in [-0.05, 0) is 75.9 Å². The average Bonchev–Trinajstić information content (AvgIpc) is 3.61. The van der Waals surface area contributed by atoms with Gasteiger partial charge >= 0.3 is 5.97 Å². The van der Waals surface area contributed by atoms with E-state index in [0.717, 1.165) is 16.0 Å². The van der Waals surface area contributed by atoms with E-state index in [1.54, 1.807) is 54.6 Å². The molecule has 2 fully saturated rings. The van der Waals surface area contributed by atoms with Crippen LogP contribution in [-0.4, -0.2) is 28.7 Å². The first-order chi connectivity index (χ1) is 23.2. The summed E-state index contributed by atoms with van der Waals surface area (Å²) in [5.41, 5.74) is 0.648. The molecule has 1 saturated heterocycles. The summed E-state index contributed by atoms with van der Waals surface area (Å²) >= 11 is 12.8. The fourth-order valence-corrected chi connectivity index (χ4v) is 8.64. The quantitative estimate of drug-likeness (QED) is 0.186. The molecule has 6 nitrogen and oxygen atoms in total. The first-order valence-corrected chi connectivity index (χ1v) is 16.1. The number of aromatic carboxylic acids is 1. The predicted octanol–water partition coefficient (Wildman–Crippen LogP) is 7.88. The van der Waals surface area contributed by atoms with Crippen LogP contribution in [0.25, 0.3) is 11.1 Å². The molecular weight excluding hydrogens is 645 g/mol. The number of rotatable bonds is 6. The summed E-state index contributed by atoms with van der Waals surface area (Å²) in [4.78, 5) is 59.0. The van der Waals surface area contributed by atoms with Gasteiger partial charge in [-0.2, -0.15) is 0 Å². The maximum Gasteiger partial charge on any atom is 0.335 e. The highest BCUT2D eigenvalue weighted by atomic mass is 35.5. The molecule has 8 rings (SSSR count). The van der Waals surface area contributed by atoms with Crippen molar-refractivity contribution >= 4 is 63.6 Å². The van der Waals surface area contributed by atoms with Gasteiger partial charge in [0.25, 0.3) is 0 Å². The summed E-state index contributed by atoms with van der Waals surface area (Å²) in [5, 5.41) is 10.7. The fourth-order valence-electron chi connectivity index (χ4n) is 8.39. The van der Waals surface area contributed by atoms with Gasteiger partial charge < -0.3 is 5.11 Å². The van der Waals surface area contributed by atoms with Crippen molar-refractivity contribution in [1.82, 2.24) is 0 Å². The highest BCUT2D eigenvalue weighted by Crippen LogP contribution is 2.74. The molecule has 0 unspecified atom stereocenters. The second kappa shape index (κ2) is 10.9. The Morgan fingerprint density at radius 2 is 1.02 bits per heavy atom. The lowest BCUT2D eigenvalue weighted by Crippen LogP contribution is -2.45. The minimum Gasteiger partial charge on any atom is -0.478 e. The first kappa shape index (κ1) is 30.1. The number of anilines is 1. The number of hydrogen-bond acceptors (Lipinski definition) is 4. The Morgan fingerprint density at radius 1 is 0.583 bits per heavy atom. The molecule has 5 aromatic carbocycles. The van der Waals surface area contributed by atoms with E-state index < -0.39 is 40.4 Å². The topological polar surface area (TPSA) is 91.8 Å². The number of amides is 2. The molecule has 5 aromatic rings. The van der Waals surface area contributed by atoms with Crippen LogP contribution in [0.4, 0.5) is 5.69 Å². The van der Waals surface area contributed by atoms with Crippen LogP contribution in [0.2, 0.25) is 10.0 Å². The van der Waals surface area contributed by atoms with Crippen LogP contribution in [0.3, 0.4) is 0 Å².